The molecule has 107 heavy (non-hydrogen) atoms. The van der Waals surface area contributed by atoms with Crippen molar-refractivity contribution in [3.05, 3.63) is 215 Å². The number of carboxylic acids is 1. The van der Waals surface area contributed by atoms with E-state index < -0.39 is 124 Å². The van der Waals surface area contributed by atoms with Crippen LogP contribution in [0.2, 0.25) is 0 Å². The van der Waals surface area contributed by atoms with E-state index in [0.717, 1.165) is 33.4 Å². The van der Waals surface area contributed by atoms with Crippen molar-refractivity contribution in [1.82, 2.24) is 31.9 Å². The van der Waals surface area contributed by atoms with Crippen molar-refractivity contribution in [3.63, 3.8) is 0 Å². The highest BCUT2D eigenvalue weighted by Crippen LogP contribution is 2.39. The van der Waals surface area contributed by atoms with Crippen LogP contribution in [0.25, 0.3) is 0 Å². The number of carboxylic acid groups (broad SMARTS) is 1. The molecule has 6 rings (SSSR count). The van der Waals surface area contributed by atoms with E-state index in [1.807, 2.05) is 244 Å². The number of carbonyl (C=O) groups is 10. The van der Waals surface area contributed by atoms with Gasteiger partial charge in [0.2, 0.25) is 23.6 Å². The van der Waals surface area contributed by atoms with E-state index in [-0.39, 0.29) is 48.8 Å². The van der Waals surface area contributed by atoms with Crippen LogP contribution >= 0.6 is 0 Å². The minimum atomic E-state index is -1.21. The minimum Gasteiger partial charge on any atom is -0.480 e. The molecule has 0 aliphatic heterocycles. The topological polar surface area (TPSA) is 326 Å². The summed E-state index contributed by atoms with van der Waals surface area (Å²) in [5.74, 6) is -5.57. The normalized spacial score (nSPS) is 14.0. The van der Waals surface area contributed by atoms with E-state index in [2.05, 4.69) is 31.9 Å². The Hall–Kier alpha value is -9.90. The maximum Gasteiger partial charge on any atom is 0.408 e. The molecule has 0 aliphatic rings. The van der Waals surface area contributed by atoms with Crippen LogP contribution in [0, 0.1) is 17.8 Å². The first-order valence-electron chi connectivity index (χ1n) is 36.5. The fourth-order valence-electron chi connectivity index (χ4n) is 11.6. The highest BCUT2D eigenvalue weighted by atomic mass is 16.6. The monoisotopic (exact) mass is 1470 g/mol. The highest BCUT2D eigenvalue weighted by Gasteiger charge is 2.42. The summed E-state index contributed by atoms with van der Waals surface area (Å²) < 4.78 is 22.1. The van der Waals surface area contributed by atoms with Gasteiger partial charge in [-0.1, -0.05) is 210 Å². The van der Waals surface area contributed by atoms with Gasteiger partial charge in [0.25, 0.3) is 0 Å². The molecule has 0 radical (unpaired) electrons. The van der Waals surface area contributed by atoms with Gasteiger partial charge in [-0.3, -0.25) is 33.6 Å². The Morgan fingerprint density at radius 3 is 0.944 bits per heavy atom. The zero-order chi connectivity index (χ0) is 80.1. The van der Waals surface area contributed by atoms with Gasteiger partial charge >= 0.3 is 18.2 Å². The number of nitrogens with two attached hydrogens (primary N) is 1. The van der Waals surface area contributed by atoms with Gasteiger partial charge in [0.1, 0.15) is 28.3 Å². The lowest BCUT2D eigenvalue weighted by atomic mass is 9.76. The van der Waals surface area contributed by atoms with E-state index in [4.69, 9.17) is 29.8 Å². The molecule has 8 atom stereocenters. The Balaban J connectivity index is 0.000000382. The molecule has 0 saturated heterocycles. The third-order valence-corrected chi connectivity index (χ3v) is 17.1. The molecule has 9 N–H and O–H groups in total. The second-order valence-electron chi connectivity index (χ2n) is 30.6. The van der Waals surface area contributed by atoms with E-state index in [9.17, 15) is 47.9 Å². The third-order valence-electron chi connectivity index (χ3n) is 17.1. The molecule has 0 spiro atoms. The second kappa shape index (κ2) is 41.3. The van der Waals surface area contributed by atoms with Gasteiger partial charge in [0.05, 0.1) is 54.9 Å². The molecule has 0 fully saturated rings. The van der Waals surface area contributed by atoms with Gasteiger partial charge in [-0.2, -0.15) is 0 Å². The molecule has 22 nitrogen and oxygen atoms in total. The lowest BCUT2D eigenvalue weighted by Gasteiger charge is -2.37. The van der Waals surface area contributed by atoms with Crippen molar-refractivity contribution in [2.45, 2.75) is 221 Å². The number of amides is 6. The van der Waals surface area contributed by atoms with E-state index in [1.165, 1.54) is 0 Å². The van der Waals surface area contributed by atoms with Crippen LogP contribution in [-0.4, -0.2) is 130 Å². The molecule has 6 amide bonds. The molecule has 0 aliphatic carbocycles. The van der Waals surface area contributed by atoms with Crippen LogP contribution in [0.4, 0.5) is 9.59 Å². The van der Waals surface area contributed by atoms with Crippen LogP contribution < -0.4 is 37.6 Å². The first-order chi connectivity index (χ1) is 50.1. The Labute approximate surface area is 632 Å². The molecule has 6 aromatic rings. The molecule has 0 heterocycles. The number of Topliss-reactive ketones (excluding diaryl/α,β-unsaturated/α-hetero) is 3. The quantitative estimate of drug-likeness (QED) is 0.0182. The number of ether oxygens (including phenoxy) is 4. The van der Waals surface area contributed by atoms with Gasteiger partial charge < -0.3 is 61.7 Å². The fourth-order valence-corrected chi connectivity index (χ4v) is 11.6. The third kappa shape index (κ3) is 29.4. The summed E-state index contributed by atoms with van der Waals surface area (Å²) >= 11 is 0. The largest absolute Gasteiger partial charge is 0.480 e. The number of ketones is 3. The molecule has 0 saturated carbocycles. The van der Waals surface area contributed by atoms with Crippen molar-refractivity contribution in [1.29, 1.82) is 0 Å². The van der Waals surface area contributed by atoms with Gasteiger partial charge in [-0.05, 0) is 143 Å². The molecule has 0 aromatic heterocycles. The number of carbonyl (C=O) groups excluding carboxylic acids is 9. The van der Waals surface area contributed by atoms with Crippen molar-refractivity contribution >= 4 is 59.1 Å². The van der Waals surface area contributed by atoms with Crippen molar-refractivity contribution in [3.8, 4) is 0 Å². The summed E-state index contributed by atoms with van der Waals surface area (Å²) in [5, 5.41) is 25.8. The second-order valence-corrected chi connectivity index (χ2v) is 30.6. The molecular formula is C85H115N7O15. The van der Waals surface area contributed by atoms with Crippen molar-refractivity contribution in [2.75, 3.05) is 13.1 Å². The Morgan fingerprint density at radius 1 is 0.383 bits per heavy atom. The zero-order valence-electron chi connectivity index (χ0n) is 65.6. The molecular weight excluding hydrogens is 1360 g/mol. The average molecular weight is 1470 g/mol. The van der Waals surface area contributed by atoms with E-state index in [0.29, 0.717) is 12.8 Å². The summed E-state index contributed by atoms with van der Waals surface area (Å²) in [6, 6.07) is 54.3. The summed E-state index contributed by atoms with van der Waals surface area (Å²) in [5.41, 5.74) is 6.24. The smallest absolute Gasteiger partial charge is 0.408 e. The first-order valence-corrected chi connectivity index (χ1v) is 36.5. The number of nitrogens with one attached hydrogen (secondary N) is 6. The van der Waals surface area contributed by atoms with Crippen LogP contribution in [0.1, 0.15) is 190 Å². The summed E-state index contributed by atoms with van der Waals surface area (Å²) in [4.78, 5) is 129. The minimum absolute atomic E-state index is 0.0613. The highest BCUT2D eigenvalue weighted by molar-refractivity contribution is 5.96. The van der Waals surface area contributed by atoms with Gasteiger partial charge in [0.15, 0.2) is 23.4 Å². The van der Waals surface area contributed by atoms with Crippen LogP contribution in [0.15, 0.2) is 182 Å². The Bertz CT molecular complexity index is 3620. The molecule has 0 bridgehead atoms. The summed E-state index contributed by atoms with van der Waals surface area (Å²) in [6.45, 7) is 31.5. The number of alkyl carbamates (subject to hydrolysis) is 2. The van der Waals surface area contributed by atoms with E-state index in [1.54, 1.807) is 62.3 Å². The number of benzene rings is 6. The Morgan fingerprint density at radius 2 is 0.664 bits per heavy atom. The van der Waals surface area contributed by atoms with Crippen LogP contribution in [-0.2, 0) is 68.4 Å². The Kier molecular flexibility index (Phi) is 34.5. The molecule has 580 valence electrons. The van der Waals surface area contributed by atoms with Gasteiger partial charge in [0, 0.05) is 24.7 Å². The SMILES string of the molecule is CC(OC(C)(C)C)[C@H](NC(=O)OC(C)(C)C)C(=O)O.CC[C@H](C)C(=O)CNC(=O)[C@@H](N)CC(=O)NC(c1ccccc1)(c1ccccc1)c1ccccc1.CC[C@H](C)C(=O)CNC(=O)[C@H](CC(=O)NC(c1ccccc1)(c1ccccc1)c1ccccc1)CC(=O)[C@@H](NC(=O)OC(C)(C)C)C(C)OC(C)(C)C. The van der Waals surface area contributed by atoms with Crippen LogP contribution in [0.3, 0.4) is 0 Å². The standard InChI is InChI=1S/C43H57N3O7.C29H33N3O3.C13H25NO5/c1-10-29(2)36(48)28-44-39(50)31(26-35(47)38(30(3)52-41(4,5)6)45-40(51)53-42(7,8)9)27-37(49)46-43(32-20-14-11-15-21-32,33-22-16-12-17-23-33)34-24-18-13-19-25-34;1-3-21(2)26(33)20-31-28(35)25(30)19-27(34)32-29(22-13-7-4-8-14-22,23-15-9-5-10-16-23)24-17-11-6-12-18-24;1-8(18-12(2,3)4)9(10(15)16)14-11(17)19-13(5,6)7/h11-25,29-31,38H,10,26-28H2,1-9H3,(H,44,50)(H,45,51)(H,46,49);4-18,21,25H,3,19-20,30H2,1-2H3,(H,31,35)(H,32,34);8-9H,1-7H3,(H,14,17)(H,15,16)/t29-,30?,31-,38-;21-,25-;8?,9-/m000/s1. The molecule has 2 unspecified atom stereocenters. The lowest BCUT2D eigenvalue weighted by molar-refractivity contribution is -0.147. The van der Waals surface area contributed by atoms with Crippen LogP contribution in [0.5, 0.6) is 0 Å². The lowest BCUT2D eigenvalue weighted by Crippen LogP contribution is -2.53. The first kappa shape index (κ1) is 89.5. The van der Waals surface area contributed by atoms with Gasteiger partial charge in [-0.25, -0.2) is 14.4 Å². The summed E-state index contributed by atoms with van der Waals surface area (Å²) in [7, 11) is 0. The van der Waals surface area contributed by atoms with Gasteiger partial charge in [-0.15, -0.1) is 0 Å². The summed E-state index contributed by atoms with van der Waals surface area (Å²) in [6.07, 6.45) is -2.83. The average Bonchev–Trinajstić information content (AvgIpc) is 0.760. The predicted molar refractivity (Wildman–Crippen MR) is 415 cm³/mol. The number of hydrogen-bond donors (Lipinski definition) is 8. The fraction of sp³-hybridized carbons (Fsp3) is 0.459. The maximum atomic E-state index is 14.4. The van der Waals surface area contributed by atoms with Crippen molar-refractivity contribution in [2.24, 2.45) is 23.5 Å². The zero-order valence-corrected chi connectivity index (χ0v) is 65.6. The maximum absolute atomic E-state index is 14.4. The number of hydrogen-bond acceptors (Lipinski definition) is 15. The predicted octanol–water partition coefficient (Wildman–Crippen LogP) is 12.6. The number of rotatable bonds is 32. The molecule has 22 heteroatoms. The molecule has 6 aromatic carbocycles. The van der Waals surface area contributed by atoms with E-state index >= 15 is 0 Å². The number of aliphatic carboxylic acids is 1. The van der Waals surface area contributed by atoms with Crippen molar-refractivity contribution < 1.29 is 72.0 Å².